The molecule has 0 aromatic carbocycles. The molecule has 0 spiro atoms. The van der Waals surface area contributed by atoms with Crippen molar-refractivity contribution in [2.75, 3.05) is 6.67 Å². The molecular formula is C6H3F7O2. The summed E-state index contributed by atoms with van der Waals surface area (Å²) in [7, 11) is 0. The molecule has 2 nitrogen and oxygen atoms in total. The first-order chi connectivity index (χ1) is 6.58. The molecular weight excluding hydrogens is 237 g/mol. The number of alkyl halides is 5. The van der Waals surface area contributed by atoms with Gasteiger partial charge in [0.1, 0.15) is 6.67 Å². The second-order valence-electron chi connectivity index (χ2n) is 2.37. The average molecular weight is 240 g/mol. The third-order valence-electron chi connectivity index (χ3n) is 1.36. The smallest absolute Gasteiger partial charge is 0.431 e. The highest BCUT2D eigenvalue weighted by Crippen LogP contribution is 2.42. The molecule has 0 aliphatic heterocycles. The van der Waals surface area contributed by atoms with E-state index in [4.69, 9.17) is 5.11 Å². The van der Waals surface area contributed by atoms with Crippen molar-refractivity contribution in [3.8, 4) is 0 Å². The van der Waals surface area contributed by atoms with Crippen molar-refractivity contribution < 1.29 is 40.6 Å². The number of carbonyl (C=O) groups is 1. The largest absolute Gasteiger partial charge is 0.476 e. The fourth-order valence-corrected chi connectivity index (χ4v) is 0.527. The molecule has 0 radical (unpaired) electrons. The van der Waals surface area contributed by atoms with Gasteiger partial charge in [0.25, 0.3) is 5.67 Å². The lowest BCUT2D eigenvalue weighted by molar-refractivity contribution is -0.226. The van der Waals surface area contributed by atoms with Crippen LogP contribution in [0.4, 0.5) is 30.7 Å². The molecule has 1 N–H and O–H groups in total. The van der Waals surface area contributed by atoms with Crippen LogP contribution in [-0.2, 0) is 4.79 Å². The quantitative estimate of drug-likeness (QED) is 0.607. The van der Waals surface area contributed by atoms with Crippen molar-refractivity contribution in [2.24, 2.45) is 0 Å². The Kier molecular flexibility index (Phi) is 3.72. The van der Waals surface area contributed by atoms with Gasteiger partial charge >= 0.3 is 12.1 Å². The Hall–Kier alpha value is -1.28. The van der Waals surface area contributed by atoms with E-state index in [1.807, 2.05) is 0 Å². The Bertz CT molecular complexity index is 294. The first-order valence-electron chi connectivity index (χ1n) is 3.18. The fourth-order valence-electron chi connectivity index (χ4n) is 0.527. The van der Waals surface area contributed by atoms with Gasteiger partial charge in [-0.25, -0.2) is 18.0 Å². The van der Waals surface area contributed by atoms with E-state index in [0.29, 0.717) is 0 Å². The van der Waals surface area contributed by atoms with Gasteiger partial charge < -0.3 is 5.11 Å². The monoisotopic (exact) mass is 240 g/mol. The van der Waals surface area contributed by atoms with Crippen LogP contribution in [0.25, 0.3) is 0 Å². The van der Waals surface area contributed by atoms with Crippen LogP contribution in [0.15, 0.2) is 11.7 Å². The van der Waals surface area contributed by atoms with E-state index in [1.165, 1.54) is 0 Å². The summed E-state index contributed by atoms with van der Waals surface area (Å²) in [5, 5.41) is 7.75. The third-order valence-corrected chi connectivity index (χ3v) is 1.36. The predicted octanol–water partition coefficient (Wildman–Crippen LogP) is 2.46. The van der Waals surface area contributed by atoms with Crippen LogP contribution in [0.3, 0.4) is 0 Å². The normalized spacial score (nSPS) is 18.1. The van der Waals surface area contributed by atoms with Crippen LogP contribution in [0.2, 0.25) is 0 Å². The van der Waals surface area contributed by atoms with Crippen LogP contribution in [0.5, 0.6) is 0 Å². The predicted molar refractivity (Wildman–Crippen MR) is 32.7 cm³/mol. The second-order valence-corrected chi connectivity index (χ2v) is 2.37. The molecule has 0 saturated heterocycles. The van der Waals surface area contributed by atoms with Gasteiger partial charge in [-0.3, -0.25) is 0 Å². The number of halogens is 7. The molecule has 0 amide bonds. The van der Waals surface area contributed by atoms with Crippen molar-refractivity contribution in [1.29, 1.82) is 0 Å². The molecule has 0 aliphatic rings. The molecule has 15 heavy (non-hydrogen) atoms. The van der Waals surface area contributed by atoms with Gasteiger partial charge in [0, 0.05) is 0 Å². The summed E-state index contributed by atoms with van der Waals surface area (Å²) in [4.78, 5) is 9.70. The Labute approximate surface area is 78.0 Å². The second kappa shape index (κ2) is 4.07. The number of carboxylic acids is 1. The van der Waals surface area contributed by atoms with Gasteiger partial charge in [0.15, 0.2) is 5.83 Å². The van der Waals surface area contributed by atoms with Gasteiger partial charge in [-0.1, -0.05) is 0 Å². The summed E-state index contributed by atoms with van der Waals surface area (Å²) in [6.07, 6.45) is -6.08. The fraction of sp³-hybridized carbons (Fsp3) is 0.500. The lowest BCUT2D eigenvalue weighted by atomic mass is 10.1. The Morgan fingerprint density at radius 2 is 1.53 bits per heavy atom. The highest BCUT2D eigenvalue weighted by molar-refractivity contribution is 5.84. The molecule has 0 fully saturated rings. The van der Waals surface area contributed by atoms with E-state index in [9.17, 15) is 35.5 Å². The summed E-state index contributed by atoms with van der Waals surface area (Å²) in [6.45, 7) is -2.96. The summed E-state index contributed by atoms with van der Waals surface area (Å²) >= 11 is 0. The van der Waals surface area contributed by atoms with E-state index in [0.717, 1.165) is 0 Å². The van der Waals surface area contributed by atoms with Crippen LogP contribution in [-0.4, -0.2) is 29.6 Å². The first kappa shape index (κ1) is 13.7. The molecule has 0 saturated carbocycles. The average Bonchev–Trinajstić information content (AvgIpc) is 2.12. The van der Waals surface area contributed by atoms with Gasteiger partial charge in [-0.2, -0.15) is 17.6 Å². The van der Waals surface area contributed by atoms with E-state index >= 15 is 0 Å². The van der Waals surface area contributed by atoms with Crippen LogP contribution in [0, 0.1) is 0 Å². The molecule has 0 aromatic rings. The minimum Gasteiger partial charge on any atom is -0.476 e. The number of hydrogen-bond donors (Lipinski definition) is 1. The number of allylic oxidation sites excluding steroid dienone is 1. The molecule has 1 atom stereocenters. The summed E-state index contributed by atoms with van der Waals surface area (Å²) in [5.74, 6) is -9.12. The van der Waals surface area contributed by atoms with Crippen molar-refractivity contribution >= 4 is 5.97 Å². The van der Waals surface area contributed by atoms with Gasteiger partial charge in [-0.05, 0) is 0 Å². The van der Waals surface area contributed by atoms with Gasteiger partial charge in [0.2, 0.25) is 5.83 Å². The zero-order valence-electron chi connectivity index (χ0n) is 6.71. The maximum Gasteiger partial charge on any atom is 0.431 e. The zero-order chi connectivity index (χ0) is 12.4. The summed E-state index contributed by atoms with van der Waals surface area (Å²) in [5.41, 5.74) is -5.27. The standard InChI is InChI=1S/C6H3F7O2/c7-1-5(10,6(11,12)13)3(9)2(8)4(14)15/h1H2,(H,14,15)/b3-2+/t5-/m0/s1. The molecule has 88 valence electrons. The maximum absolute atomic E-state index is 12.6. The maximum atomic E-state index is 12.6. The van der Waals surface area contributed by atoms with Crippen molar-refractivity contribution in [3.63, 3.8) is 0 Å². The van der Waals surface area contributed by atoms with Crippen molar-refractivity contribution in [3.05, 3.63) is 11.7 Å². The third kappa shape index (κ3) is 2.39. The number of aliphatic carboxylic acids is 1. The first-order valence-corrected chi connectivity index (χ1v) is 3.18. The Morgan fingerprint density at radius 3 is 1.73 bits per heavy atom. The van der Waals surface area contributed by atoms with E-state index in [2.05, 4.69) is 0 Å². The van der Waals surface area contributed by atoms with E-state index < -0.39 is 36.1 Å². The van der Waals surface area contributed by atoms with Gasteiger partial charge in [-0.15, -0.1) is 0 Å². The Balaban J connectivity index is 5.52. The highest BCUT2D eigenvalue weighted by atomic mass is 19.4. The van der Waals surface area contributed by atoms with E-state index in [1.54, 1.807) is 0 Å². The summed E-state index contributed by atoms with van der Waals surface area (Å²) in [6, 6.07) is 0. The number of carboxylic acid groups (broad SMARTS) is 1. The highest BCUT2D eigenvalue weighted by Gasteiger charge is 2.61. The van der Waals surface area contributed by atoms with Crippen molar-refractivity contribution in [1.82, 2.24) is 0 Å². The van der Waals surface area contributed by atoms with Crippen LogP contribution < -0.4 is 0 Å². The molecule has 0 aliphatic carbocycles. The molecule has 0 heterocycles. The lowest BCUT2D eigenvalue weighted by Crippen LogP contribution is -2.44. The van der Waals surface area contributed by atoms with Crippen LogP contribution in [0.1, 0.15) is 0 Å². The van der Waals surface area contributed by atoms with E-state index in [-0.39, 0.29) is 0 Å². The minimum atomic E-state index is -6.08. The molecule has 9 heteroatoms. The molecule has 0 bridgehead atoms. The molecule has 0 unspecified atom stereocenters. The topological polar surface area (TPSA) is 37.3 Å². The van der Waals surface area contributed by atoms with Crippen molar-refractivity contribution in [2.45, 2.75) is 11.8 Å². The zero-order valence-corrected chi connectivity index (χ0v) is 6.71. The minimum absolute atomic E-state index is 2.76. The SMILES string of the molecule is O=C(O)/C(F)=C(\F)[C@@](F)(CF)C(F)(F)F. The molecule has 0 aromatic heterocycles. The number of rotatable bonds is 3. The molecule has 0 rings (SSSR count). The lowest BCUT2D eigenvalue weighted by Gasteiger charge is -2.22. The van der Waals surface area contributed by atoms with Crippen LogP contribution >= 0.6 is 0 Å². The number of hydrogen-bond acceptors (Lipinski definition) is 1. The Morgan fingerprint density at radius 1 is 1.13 bits per heavy atom. The summed E-state index contributed by atoms with van der Waals surface area (Å²) < 4.78 is 84.0. The van der Waals surface area contributed by atoms with Gasteiger partial charge in [0.05, 0.1) is 0 Å².